The van der Waals surface area contributed by atoms with Gasteiger partial charge in [-0.05, 0) is 13.0 Å². The Morgan fingerprint density at radius 3 is 3.00 bits per heavy atom. The van der Waals surface area contributed by atoms with Crippen molar-refractivity contribution in [3.05, 3.63) is 34.4 Å². The van der Waals surface area contributed by atoms with Gasteiger partial charge in [0.2, 0.25) is 0 Å². The normalized spacial score (nSPS) is 11.1. The van der Waals surface area contributed by atoms with E-state index in [4.69, 9.17) is 5.73 Å². The van der Waals surface area contributed by atoms with Gasteiger partial charge in [-0.2, -0.15) is 0 Å². The van der Waals surface area contributed by atoms with Crippen LogP contribution in [0.4, 0.5) is 11.4 Å². The summed E-state index contributed by atoms with van der Waals surface area (Å²) in [7, 11) is 0. The van der Waals surface area contributed by atoms with Crippen LogP contribution < -0.4 is 11.1 Å². The maximum absolute atomic E-state index is 10.5. The lowest BCUT2D eigenvalue weighted by Crippen LogP contribution is -2.22. The third-order valence-electron chi connectivity index (χ3n) is 1.66. The lowest BCUT2D eigenvalue weighted by atomic mass is 10.3. The highest BCUT2D eigenvalue weighted by Crippen LogP contribution is 2.16. The Kier molecular flexibility index (Phi) is 3.61. The van der Waals surface area contributed by atoms with Crippen LogP contribution in [0.1, 0.15) is 6.92 Å². The van der Waals surface area contributed by atoms with Crippen LogP contribution in [0.5, 0.6) is 0 Å². The Labute approximate surface area is 87.0 Å². The predicted octanol–water partition coefficient (Wildman–Crippen LogP) is 1.34. The van der Waals surface area contributed by atoms with Gasteiger partial charge in [0.1, 0.15) is 0 Å². The first-order valence-electron chi connectivity index (χ1n) is 4.45. The molecule has 0 amide bonds. The molecule has 0 aliphatic heterocycles. The van der Waals surface area contributed by atoms with E-state index in [-0.39, 0.29) is 11.6 Å². The summed E-state index contributed by atoms with van der Waals surface area (Å²) in [6.45, 7) is 2.41. The summed E-state index contributed by atoms with van der Waals surface area (Å²) in [6.07, 6.45) is 0. The second kappa shape index (κ2) is 4.94. The number of benzene rings is 1. The van der Waals surface area contributed by atoms with Crippen molar-refractivity contribution in [1.29, 1.82) is 0 Å². The third kappa shape index (κ3) is 3.26. The highest BCUT2D eigenvalue weighted by Gasteiger charge is 2.05. The molecule has 6 nitrogen and oxygen atoms in total. The fourth-order valence-corrected chi connectivity index (χ4v) is 1.05. The summed E-state index contributed by atoms with van der Waals surface area (Å²) in [6, 6.07) is 6.08. The van der Waals surface area contributed by atoms with Gasteiger partial charge < -0.3 is 11.1 Å². The van der Waals surface area contributed by atoms with E-state index >= 15 is 0 Å². The van der Waals surface area contributed by atoms with E-state index in [1.54, 1.807) is 12.1 Å². The maximum atomic E-state index is 10.5. The Hall–Kier alpha value is -2.11. The highest BCUT2D eigenvalue weighted by molar-refractivity contribution is 5.92. The van der Waals surface area contributed by atoms with Gasteiger partial charge in [0.25, 0.3) is 5.69 Å². The zero-order valence-electron chi connectivity index (χ0n) is 8.30. The zero-order chi connectivity index (χ0) is 11.3. The van der Waals surface area contributed by atoms with Crippen LogP contribution in [0.25, 0.3) is 0 Å². The first kappa shape index (κ1) is 11.0. The molecule has 1 aromatic carbocycles. The number of guanidine groups is 1. The molecule has 1 aromatic rings. The number of nitrogens with zero attached hydrogens (tertiary/aromatic N) is 2. The van der Waals surface area contributed by atoms with Crippen molar-refractivity contribution >= 4 is 17.3 Å². The standard InChI is InChI=1S/C9H12N4O2/c1-2-11-9(10)12-7-4-3-5-8(6-7)13(14)15/h3-6H,2H2,1H3,(H3,10,11,12). The lowest BCUT2D eigenvalue weighted by molar-refractivity contribution is -0.384. The Morgan fingerprint density at radius 2 is 2.40 bits per heavy atom. The van der Waals surface area contributed by atoms with Gasteiger partial charge in [0.15, 0.2) is 5.96 Å². The van der Waals surface area contributed by atoms with Gasteiger partial charge in [0.05, 0.1) is 4.92 Å². The van der Waals surface area contributed by atoms with E-state index in [1.807, 2.05) is 6.92 Å². The van der Waals surface area contributed by atoms with Gasteiger partial charge in [0, 0.05) is 24.4 Å². The van der Waals surface area contributed by atoms with E-state index in [9.17, 15) is 10.1 Å². The molecule has 1 rings (SSSR count). The molecule has 6 heteroatoms. The van der Waals surface area contributed by atoms with E-state index in [1.165, 1.54) is 12.1 Å². The van der Waals surface area contributed by atoms with Crippen molar-refractivity contribution in [2.75, 3.05) is 11.9 Å². The van der Waals surface area contributed by atoms with Gasteiger partial charge in [-0.25, -0.2) is 0 Å². The largest absolute Gasteiger partial charge is 0.370 e. The van der Waals surface area contributed by atoms with Crippen LogP contribution in [0.2, 0.25) is 0 Å². The molecule has 15 heavy (non-hydrogen) atoms. The molecule has 0 unspecified atom stereocenters. The molecule has 0 saturated carbocycles. The Balaban J connectivity index is 2.82. The van der Waals surface area contributed by atoms with Crippen molar-refractivity contribution in [3.63, 3.8) is 0 Å². The van der Waals surface area contributed by atoms with Crippen molar-refractivity contribution < 1.29 is 4.92 Å². The van der Waals surface area contributed by atoms with Crippen molar-refractivity contribution in [2.24, 2.45) is 10.7 Å². The molecular weight excluding hydrogens is 196 g/mol. The van der Waals surface area contributed by atoms with Crippen LogP contribution >= 0.6 is 0 Å². The number of anilines is 1. The maximum Gasteiger partial charge on any atom is 0.271 e. The van der Waals surface area contributed by atoms with E-state index < -0.39 is 4.92 Å². The quantitative estimate of drug-likeness (QED) is 0.339. The minimum atomic E-state index is -0.460. The fraction of sp³-hybridized carbons (Fsp3) is 0.222. The second-order valence-electron chi connectivity index (χ2n) is 2.79. The summed E-state index contributed by atoms with van der Waals surface area (Å²) in [4.78, 5) is 13.9. The predicted molar refractivity (Wildman–Crippen MR) is 58.9 cm³/mol. The van der Waals surface area contributed by atoms with Crippen molar-refractivity contribution in [2.45, 2.75) is 6.92 Å². The Morgan fingerprint density at radius 1 is 1.67 bits per heavy atom. The molecule has 3 N–H and O–H groups in total. The van der Waals surface area contributed by atoms with Crippen LogP contribution in [0.3, 0.4) is 0 Å². The number of hydrogen-bond donors (Lipinski definition) is 2. The molecule has 0 radical (unpaired) electrons. The number of nitrogens with two attached hydrogens (primary N) is 1. The Bertz CT molecular complexity index is 389. The SMILES string of the molecule is CCN=C(N)Nc1cccc([N+](=O)[O-])c1. The van der Waals surface area contributed by atoms with E-state index in [0.29, 0.717) is 12.2 Å². The van der Waals surface area contributed by atoms with Gasteiger partial charge in [-0.1, -0.05) is 6.07 Å². The van der Waals surface area contributed by atoms with Crippen LogP contribution in [-0.4, -0.2) is 17.4 Å². The summed E-state index contributed by atoms with van der Waals surface area (Å²) in [5, 5.41) is 13.2. The zero-order valence-corrected chi connectivity index (χ0v) is 8.30. The summed E-state index contributed by atoms with van der Waals surface area (Å²) >= 11 is 0. The molecule has 0 saturated heterocycles. The number of rotatable bonds is 3. The number of aliphatic imine (C=N–C) groups is 1. The first-order valence-corrected chi connectivity index (χ1v) is 4.45. The number of nitrogens with one attached hydrogen (secondary N) is 1. The van der Waals surface area contributed by atoms with Crippen LogP contribution in [0.15, 0.2) is 29.3 Å². The summed E-state index contributed by atoms with van der Waals surface area (Å²) in [5.41, 5.74) is 6.08. The van der Waals surface area contributed by atoms with Crippen molar-refractivity contribution in [1.82, 2.24) is 0 Å². The number of hydrogen-bond acceptors (Lipinski definition) is 3. The fourth-order valence-electron chi connectivity index (χ4n) is 1.05. The number of non-ortho nitro benzene ring substituents is 1. The van der Waals surface area contributed by atoms with Crippen LogP contribution in [-0.2, 0) is 0 Å². The molecule has 0 spiro atoms. The van der Waals surface area contributed by atoms with Crippen molar-refractivity contribution in [3.8, 4) is 0 Å². The average Bonchev–Trinajstić information content (AvgIpc) is 2.18. The average molecular weight is 208 g/mol. The minimum absolute atomic E-state index is 0.0179. The first-order chi connectivity index (χ1) is 7.13. The summed E-state index contributed by atoms with van der Waals surface area (Å²) in [5.74, 6) is 0.248. The third-order valence-corrected chi connectivity index (χ3v) is 1.66. The topological polar surface area (TPSA) is 93.5 Å². The molecular formula is C9H12N4O2. The molecule has 0 aliphatic carbocycles. The van der Waals surface area contributed by atoms with E-state index in [2.05, 4.69) is 10.3 Å². The van der Waals surface area contributed by atoms with Gasteiger partial charge in [-0.3, -0.25) is 15.1 Å². The highest BCUT2D eigenvalue weighted by atomic mass is 16.6. The molecule has 0 aliphatic rings. The van der Waals surface area contributed by atoms with Gasteiger partial charge in [-0.15, -0.1) is 0 Å². The second-order valence-corrected chi connectivity index (χ2v) is 2.79. The smallest absolute Gasteiger partial charge is 0.271 e. The summed E-state index contributed by atoms with van der Waals surface area (Å²) < 4.78 is 0. The molecule has 0 bridgehead atoms. The molecule has 0 aromatic heterocycles. The minimum Gasteiger partial charge on any atom is -0.370 e. The number of nitro groups is 1. The van der Waals surface area contributed by atoms with E-state index in [0.717, 1.165) is 0 Å². The van der Waals surface area contributed by atoms with Crippen LogP contribution in [0, 0.1) is 10.1 Å². The van der Waals surface area contributed by atoms with Gasteiger partial charge >= 0.3 is 0 Å². The molecule has 0 fully saturated rings. The lowest BCUT2D eigenvalue weighted by Gasteiger charge is -2.04. The monoisotopic (exact) mass is 208 g/mol. The molecule has 80 valence electrons. The number of nitro benzene ring substituents is 1. The molecule has 0 atom stereocenters. The molecule has 0 heterocycles.